The molecule has 2 N–H and O–H groups in total. The van der Waals surface area contributed by atoms with Gasteiger partial charge in [-0.25, -0.2) is 0 Å². The van der Waals surface area contributed by atoms with E-state index in [1.807, 2.05) is 24.3 Å². The van der Waals surface area contributed by atoms with Crippen LogP contribution in [-0.2, 0) is 11.3 Å². The average Bonchev–Trinajstić information content (AvgIpc) is 2.75. The van der Waals surface area contributed by atoms with Gasteiger partial charge in [-0.15, -0.1) is 0 Å². The summed E-state index contributed by atoms with van der Waals surface area (Å²) in [5.74, 6) is 0.372. The largest absolute Gasteiger partial charge is 0.352 e. The number of fused-ring (bicyclic) bond motifs is 2. The van der Waals surface area contributed by atoms with Crippen molar-refractivity contribution < 1.29 is 4.79 Å². The predicted octanol–water partition coefficient (Wildman–Crippen LogP) is 2.49. The highest BCUT2D eigenvalue weighted by Crippen LogP contribution is 2.30. The van der Waals surface area contributed by atoms with Crippen LogP contribution in [0.3, 0.4) is 0 Å². The summed E-state index contributed by atoms with van der Waals surface area (Å²) < 4.78 is 0. The molecule has 2 atom stereocenters. The van der Waals surface area contributed by atoms with Gasteiger partial charge in [-0.3, -0.25) is 4.79 Å². The first kappa shape index (κ1) is 12.9. The van der Waals surface area contributed by atoms with Gasteiger partial charge in [0.2, 0.25) is 5.91 Å². The monoisotopic (exact) mass is 278 g/mol. The van der Waals surface area contributed by atoms with E-state index < -0.39 is 0 Å². The van der Waals surface area contributed by atoms with Crippen LogP contribution in [0, 0.1) is 5.92 Å². The minimum atomic E-state index is 0.179. The van der Waals surface area contributed by atoms with Crippen LogP contribution in [0.25, 0.3) is 0 Å². The van der Waals surface area contributed by atoms with Crippen LogP contribution >= 0.6 is 11.6 Å². The summed E-state index contributed by atoms with van der Waals surface area (Å²) >= 11 is 5.93. The second kappa shape index (κ2) is 5.51. The molecule has 0 aliphatic carbocycles. The van der Waals surface area contributed by atoms with E-state index in [4.69, 9.17) is 11.6 Å². The molecule has 0 aromatic heterocycles. The molecule has 2 aliphatic rings. The molecule has 3 rings (SSSR count). The van der Waals surface area contributed by atoms with Crippen molar-refractivity contribution in [3.8, 4) is 0 Å². The fourth-order valence-corrected chi connectivity index (χ4v) is 3.46. The molecule has 2 bridgehead atoms. The molecule has 19 heavy (non-hydrogen) atoms. The van der Waals surface area contributed by atoms with E-state index >= 15 is 0 Å². The van der Waals surface area contributed by atoms with Crippen molar-refractivity contribution >= 4 is 17.5 Å². The van der Waals surface area contributed by atoms with Crippen molar-refractivity contribution in [3.05, 3.63) is 34.9 Å². The Bertz CT molecular complexity index is 465. The summed E-state index contributed by atoms with van der Waals surface area (Å²) in [6, 6.07) is 8.75. The van der Waals surface area contributed by atoms with Gasteiger partial charge in [0, 0.05) is 29.6 Å². The molecule has 0 spiro atoms. The maximum absolute atomic E-state index is 12.2. The van der Waals surface area contributed by atoms with Gasteiger partial charge in [0.25, 0.3) is 0 Å². The first-order valence-corrected chi connectivity index (χ1v) is 7.37. The van der Waals surface area contributed by atoms with Gasteiger partial charge in [-0.2, -0.15) is 0 Å². The standard InChI is InChI=1S/C15H19ClN2O/c16-12-3-1-2-10(6-12)9-17-15(19)11-7-13-4-5-14(8-11)18-13/h1-3,6,11,13-14,18H,4-5,7-9H2,(H,17,19). The predicted molar refractivity (Wildman–Crippen MR) is 76.0 cm³/mol. The van der Waals surface area contributed by atoms with Crippen molar-refractivity contribution in [1.82, 2.24) is 10.6 Å². The van der Waals surface area contributed by atoms with E-state index in [9.17, 15) is 4.79 Å². The first-order valence-electron chi connectivity index (χ1n) is 6.99. The lowest BCUT2D eigenvalue weighted by molar-refractivity contribution is -0.126. The van der Waals surface area contributed by atoms with Gasteiger partial charge in [0.05, 0.1) is 0 Å². The van der Waals surface area contributed by atoms with Crippen molar-refractivity contribution in [2.45, 2.75) is 44.3 Å². The minimum Gasteiger partial charge on any atom is -0.352 e. The number of rotatable bonds is 3. The molecule has 3 nitrogen and oxygen atoms in total. The smallest absolute Gasteiger partial charge is 0.223 e. The van der Waals surface area contributed by atoms with Gasteiger partial charge in [-0.1, -0.05) is 23.7 Å². The summed E-state index contributed by atoms with van der Waals surface area (Å²) in [6.07, 6.45) is 4.42. The Balaban J connectivity index is 1.54. The van der Waals surface area contributed by atoms with Gasteiger partial charge >= 0.3 is 0 Å². The first-order chi connectivity index (χ1) is 9.20. The molecule has 102 valence electrons. The number of halogens is 1. The third-order valence-corrected chi connectivity index (χ3v) is 4.43. The van der Waals surface area contributed by atoms with Crippen molar-refractivity contribution in [2.75, 3.05) is 0 Å². The molecule has 1 aromatic rings. The highest BCUT2D eigenvalue weighted by Gasteiger charge is 2.36. The maximum Gasteiger partial charge on any atom is 0.223 e. The lowest BCUT2D eigenvalue weighted by Gasteiger charge is -2.28. The third kappa shape index (κ3) is 3.10. The number of benzene rings is 1. The van der Waals surface area contributed by atoms with Crippen LogP contribution in [0.1, 0.15) is 31.2 Å². The topological polar surface area (TPSA) is 41.1 Å². The number of hydrogen-bond donors (Lipinski definition) is 2. The van der Waals surface area contributed by atoms with Gasteiger partial charge in [0.1, 0.15) is 0 Å². The Labute approximate surface area is 118 Å². The molecular formula is C15H19ClN2O. The van der Waals surface area contributed by atoms with Gasteiger partial charge in [0.15, 0.2) is 0 Å². The fourth-order valence-electron chi connectivity index (χ4n) is 3.25. The Morgan fingerprint density at radius 3 is 2.74 bits per heavy atom. The molecule has 2 fully saturated rings. The Morgan fingerprint density at radius 2 is 2.05 bits per heavy atom. The van der Waals surface area contributed by atoms with Crippen molar-refractivity contribution in [3.63, 3.8) is 0 Å². The normalized spacial score (nSPS) is 29.2. The second-order valence-corrected chi connectivity index (χ2v) is 6.09. The summed E-state index contributed by atoms with van der Waals surface area (Å²) in [7, 11) is 0. The molecular weight excluding hydrogens is 260 g/mol. The number of carbonyl (C=O) groups excluding carboxylic acids is 1. The zero-order valence-electron chi connectivity index (χ0n) is 10.9. The Morgan fingerprint density at radius 1 is 1.32 bits per heavy atom. The molecule has 2 heterocycles. The highest BCUT2D eigenvalue weighted by atomic mass is 35.5. The van der Waals surface area contributed by atoms with Crippen LogP contribution in [-0.4, -0.2) is 18.0 Å². The lowest BCUT2D eigenvalue weighted by atomic mass is 9.91. The lowest BCUT2D eigenvalue weighted by Crippen LogP contribution is -2.43. The van der Waals surface area contributed by atoms with E-state index in [1.54, 1.807) is 0 Å². The number of piperidine rings is 1. The van der Waals surface area contributed by atoms with E-state index in [0.29, 0.717) is 23.7 Å². The molecule has 1 aromatic carbocycles. The molecule has 1 amide bonds. The zero-order valence-corrected chi connectivity index (χ0v) is 11.6. The van der Waals surface area contributed by atoms with Gasteiger partial charge < -0.3 is 10.6 Å². The SMILES string of the molecule is O=C(NCc1cccc(Cl)c1)C1CC2CCC(C1)N2. The molecule has 4 heteroatoms. The quantitative estimate of drug-likeness (QED) is 0.892. The number of nitrogens with one attached hydrogen (secondary N) is 2. The number of amides is 1. The van der Waals surface area contributed by atoms with Crippen molar-refractivity contribution in [2.24, 2.45) is 5.92 Å². The maximum atomic E-state index is 12.2. The van der Waals surface area contributed by atoms with Crippen LogP contribution < -0.4 is 10.6 Å². The van der Waals surface area contributed by atoms with Crippen LogP contribution in [0.5, 0.6) is 0 Å². The summed E-state index contributed by atoms with van der Waals surface area (Å²) in [5, 5.41) is 7.31. The summed E-state index contributed by atoms with van der Waals surface area (Å²) in [5.41, 5.74) is 1.05. The van der Waals surface area contributed by atoms with E-state index in [2.05, 4.69) is 10.6 Å². The van der Waals surface area contributed by atoms with E-state index in [0.717, 1.165) is 18.4 Å². The Hall–Kier alpha value is -1.06. The van der Waals surface area contributed by atoms with Gasteiger partial charge in [-0.05, 0) is 43.4 Å². The summed E-state index contributed by atoms with van der Waals surface area (Å²) in [4.78, 5) is 12.2. The number of carbonyl (C=O) groups is 1. The summed E-state index contributed by atoms with van der Waals surface area (Å²) in [6.45, 7) is 0.568. The minimum absolute atomic E-state index is 0.179. The van der Waals surface area contributed by atoms with Crippen LogP contribution in [0.4, 0.5) is 0 Å². The highest BCUT2D eigenvalue weighted by molar-refractivity contribution is 6.30. The molecule has 0 radical (unpaired) electrons. The number of hydrogen-bond acceptors (Lipinski definition) is 2. The zero-order chi connectivity index (χ0) is 13.2. The van der Waals surface area contributed by atoms with Crippen molar-refractivity contribution in [1.29, 1.82) is 0 Å². The molecule has 2 saturated heterocycles. The van der Waals surface area contributed by atoms with Crippen LogP contribution in [0.2, 0.25) is 5.02 Å². The Kier molecular flexibility index (Phi) is 3.76. The second-order valence-electron chi connectivity index (χ2n) is 5.65. The molecule has 2 unspecified atom stereocenters. The van der Waals surface area contributed by atoms with Crippen LogP contribution in [0.15, 0.2) is 24.3 Å². The third-order valence-electron chi connectivity index (χ3n) is 4.20. The van der Waals surface area contributed by atoms with E-state index in [1.165, 1.54) is 12.8 Å². The average molecular weight is 279 g/mol. The van der Waals surface area contributed by atoms with E-state index in [-0.39, 0.29) is 11.8 Å². The fraction of sp³-hybridized carbons (Fsp3) is 0.533. The molecule has 0 saturated carbocycles. The molecule has 2 aliphatic heterocycles.